The smallest absolute Gasteiger partial charge is 0.307 e. The van der Waals surface area contributed by atoms with E-state index in [1.165, 1.54) is 17.4 Å². The summed E-state index contributed by atoms with van der Waals surface area (Å²) in [7, 11) is 0. The molecule has 0 fully saturated rings. The fraction of sp³-hybridized carbons (Fsp3) is 0.286. The summed E-state index contributed by atoms with van der Waals surface area (Å²) >= 11 is 4.78. The van der Waals surface area contributed by atoms with Crippen LogP contribution in [0.4, 0.5) is 17.6 Å². The Labute approximate surface area is 132 Å². The van der Waals surface area contributed by atoms with Gasteiger partial charge in [-0.2, -0.15) is 13.2 Å². The molecule has 1 aromatic heterocycles. The quantitative estimate of drug-likeness (QED) is 0.702. The van der Waals surface area contributed by atoms with E-state index in [9.17, 15) is 17.6 Å². The molecule has 1 heterocycles. The Balaban J connectivity index is 2.46. The maximum absolute atomic E-state index is 13.4. The number of thiophene rings is 1. The first kappa shape index (κ1) is 16.5. The Kier molecular flexibility index (Phi) is 5.06. The van der Waals surface area contributed by atoms with Crippen molar-refractivity contribution < 1.29 is 17.6 Å². The molecule has 21 heavy (non-hydrogen) atoms. The van der Waals surface area contributed by atoms with Crippen LogP contribution in [0.1, 0.15) is 29.7 Å². The summed E-state index contributed by atoms with van der Waals surface area (Å²) in [6, 6.07) is 4.55. The van der Waals surface area contributed by atoms with Gasteiger partial charge in [-0.25, -0.2) is 4.39 Å². The standard InChI is InChI=1S/C14H12BrF4NS/c1-2-20-13(9-6-12(15)21-7-9)8-3-4-11(16)10(5-8)14(17,18)19/h3-7,13,20H,2H2,1H3. The predicted octanol–water partition coefficient (Wildman–Crippen LogP) is 5.37. The lowest BCUT2D eigenvalue weighted by Gasteiger charge is -2.19. The van der Waals surface area contributed by atoms with Gasteiger partial charge in [0.1, 0.15) is 5.82 Å². The fourth-order valence-corrected chi connectivity index (χ4v) is 3.25. The summed E-state index contributed by atoms with van der Waals surface area (Å²) in [5.74, 6) is -1.26. The first-order chi connectivity index (χ1) is 9.82. The van der Waals surface area contributed by atoms with E-state index in [4.69, 9.17) is 0 Å². The summed E-state index contributed by atoms with van der Waals surface area (Å²) in [5, 5.41) is 4.98. The van der Waals surface area contributed by atoms with Gasteiger partial charge in [-0.1, -0.05) is 13.0 Å². The SMILES string of the molecule is CCNC(c1csc(Br)c1)c1ccc(F)c(C(F)(F)F)c1. The Hall–Kier alpha value is -0.920. The molecule has 0 radical (unpaired) electrons. The molecule has 114 valence electrons. The molecule has 0 saturated carbocycles. The van der Waals surface area contributed by atoms with Crippen molar-refractivity contribution in [1.29, 1.82) is 0 Å². The number of alkyl halides is 3. The zero-order chi connectivity index (χ0) is 15.6. The molecule has 1 N–H and O–H groups in total. The monoisotopic (exact) mass is 381 g/mol. The Bertz CT molecular complexity index is 624. The Morgan fingerprint density at radius 1 is 1.24 bits per heavy atom. The highest BCUT2D eigenvalue weighted by atomic mass is 79.9. The van der Waals surface area contributed by atoms with Gasteiger partial charge in [0.05, 0.1) is 15.4 Å². The van der Waals surface area contributed by atoms with E-state index in [0.29, 0.717) is 12.1 Å². The lowest BCUT2D eigenvalue weighted by atomic mass is 9.98. The molecular weight excluding hydrogens is 370 g/mol. The van der Waals surface area contributed by atoms with Crippen LogP contribution in [-0.2, 0) is 6.18 Å². The molecule has 0 spiro atoms. The zero-order valence-electron chi connectivity index (χ0n) is 11.0. The second kappa shape index (κ2) is 6.46. The number of nitrogens with one attached hydrogen (secondary N) is 1. The summed E-state index contributed by atoms with van der Waals surface area (Å²) in [6.07, 6.45) is -4.70. The molecule has 2 rings (SSSR count). The Morgan fingerprint density at radius 3 is 2.48 bits per heavy atom. The molecule has 2 aromatic rings. The fourth-order valence-electron chi connectivity index (χ4n) is 2.05. The molecular formula is C14H12BrF4NS. The highest BCUT2D eigenvalue weighted by molar-refractivity contribution is 9.11. The van der Waals surface area contributed by atoms with Crippen LogP contribution in [-0.4, -0.2) is 6.54 Å². The molecule has 0 saturated heterocycles. The van der Waals surface area contributed by atoms with Crippen molar-refractivity contribution in [1.82, 2.24) is 5.32 Å². The van der Waals surface area contributed by atoms with Crippen LogP contribution in [0.5, 0.6) is 0 Å². The maximum atomic E-state index is 13.4. The molecule has 0 aliphatic heterocycles. The molecule has 0 amide bonds. The lowest BCUT2D eigenvalue weighted by Crippen LogP contribution is -2.22. The number of hydrogen-bond acceptors (Lipinski definition) is 2. The van der Waals surface area contributed by atoms with E-state index in [1.54, 1.807) is 0 Å². The van der Waals surface area contributed by atoms with Gasteiger partial charge in [-0.05, 0) is 57.2 Å². The van der Waals surface area contributed by atoms with Crippen LogP contribution in [0.25, 0.3) is 0 Å². The normalized spacial score (nSPS) is 13.4. The zero-order valence-corrected chi connectivity index (χ0v) is 13.4. The van der Waals surface area contributed by atoms with Crippen molar-refractivity contribution in [3.63, 3.8) is 0 Å². The highest BCUT2D eigenvalue weighted by Crippen LogP contribution is 2.35. The molecule has 0 aliphatic carbocycles. The van der Waals surface area contributed by atoms with Gasteiger partial charge in [-0.15, -0.1) is 11.3 Å². The number of hydrogen-bond donors (Lipinski definition) is 1. The van der Waals surface area contributed by atoms with Crippen molar-refractivity contribution in [3.05, 3.63) is 55.9 Å². The Morgan fingerprint density at radius 2 is 1.95 bits per heavy atom. The summed E-state index contributed by atoms with van der Waals surface area (Å²) in [5.41, 5.74) is -0.0125. The number of rotatable bonds is 4. The van der Waals surface area contributed by atoms with E-state index >= 15 is 0 Å². The van der Waals surface area contributed by atoms with Crippen molar-refractivity contribution in [2.45, 2.75) is 19.1 Å². The largest absolute Gasteiger partial charge is 0.419 e. The van der Waals surface area contributed by atoms with Crippen LogP contribution >= 0.6 is 27.3 Å². The summed E-state index contributed by atoms with van der Waals surface area (Å²) < 4.78 is 52.7. The van der Waals surface area contributed by atoms with Crippen molar-refractivity contribution in [2.75, 3.05) is 6.54 Å². The van der Waals surface area contributed by atoms with Gasteiger partial charge >= 0.3 is 6.18 Å². The minimum atomic E-state index is -4.70. The third kappa shape index (κ3) is 3.84. The molecule has 1 nitrogen and oxygen atoms in total. The van der Waals surface area contributed by atoms with Crippen molar-refractivity contribution in [2.24, 2.45) is 0 Å². The number of halogens is 5. The second-order valence-corrected chi connectivity index (χ2v) is 6.70. The average molecular weight is 382 g/mol. The van der Waals surface area contributed by atoms with Gasteiger partial charge in [0.25, 0.3) is 0 Å². The molecule has 1 unspecified atom stereocenters. The maximum Gasteiger partial charge on any atom is 0.419 e. The van der Waals surface area contributed by atoms with E-state index < -0.39 is 23.6 Å². The van der Waals surface area contributed by atoms with Crippen LogP contribution < -0.4 is 5.32 Å². The third-order valence-electron chi connectivity index (χ3n) is 2.96. The second-order valence-electron chi connectivity index (χ2n) is 4.41. The molecule has 1 atom stereocenters. The first-order valence-corrected chi connectivity index (χ1v) is 7.84. The van der Waals surface area contributed by atoms with E-state index in [-0.39, 0.29) is 0 Å². The van der Waals surface area contributed by atoms with Crippen molar-refractivity contribution in [3.8, 4) is 0 Å². The third-order valence-corrected chi connectivity index (χ3v) is 4.48. The van der Waals surface area contributed by atoms with Crippen LogP contribution in [0.15, 0.2) is 33.4 Å². The first-order valence-electron chi connectivity index (χ1n) is 6.17. The molecule has 0 bridgehead atoms. The van der Waals surface area contributed by atoms with Crippen molar-refractivity contribution >= 4 is 27.3 Å². The predicted molar refractivity (Wildman–Crippen MR) is 78.9 cm³/mol. The number of benzene rings is 1. The van der Waals surface area contributed by atoms with Crippen LogP contribution in [0.2, 0.25) is 0 Å². The van der Waals surface area contributed by atoms with Gasteiger partial charge in [0.2, 0.25) is 0 Å². The van der Waals surface area contributed by atoms with E-state index in [2.05, 4.69) is 21.2 Å². The molecule has 1 aromatic carbocycles. The van der Waals surface area contributed by atoms with Gasteiger partial charge in [-0.3, -0.25) is 0 Å². The minimum absolute atomic E-state index is 0.385. The van der Waals surface area contributed by atoms with Gasteiger partial charge in [0.15, 0.2) is 0 Å². The molecule has 0 aliphatic rings. The topological polar surface area (TPSA) is 12.0 Å². The van der Waals surface area contributed by atoms with E-state index in [1.807, 2.05) is 18.4 Å². The van der Waals surface area contributed by atoms with Crippen LogP contribution in [0.3, 0.4) is 0 Å². The minimum Gasteiger partial charge on any atom is -0.307 e. The summed E-state index contributed by atoms with van der Waals surface area (Å²) in [4.78, 5) is 0. The lowest BCUT2D eigenvalue weighted by molar-refractivity contribution is -0.140. The summed E-state index contributed by atoms with van der Waals surface area (Å²) in [6.45, 7) is 2.44. The average Bonchev–Trinajstić information content (AvgIpc) is 2.82. The van der Waals surface area contributed by atoms with Gasteiger partial charge < -0.3 is 5.32 Å². The van der Waals surface area contributed by atoms with Gasteiger partial charge in [0, 0.05) is 0 Å². The van der Waals surface area contributed by atoms with E-state index in [0.717, 1.165) is 21.5 Å². The van der Waals surface area contributed by atoms with Crippen LogP contribution in [0, 0.1) is 5.82 Å². The molecule has 7 heteroatoms. The highest BCUT2D eigenvalue weighted by Gasteiger charge is 2.34.